The summed E-state index contributed by atoms with van der Waals surface area (Å²) in [6.07, 6.45) is 2.91. The monoisotopic (exact) mass is 451 g/mol. The molecule has 2 aromatic rings. The van der Waals surface area contributed by atoms with Crippen molar-refractivity contribution >= 4 is 23.3 Å². The lowest BCUT2D eigenvalue weighted by atomic mass is 9.86. The van der Waals surface area contributed by atoms with Crippen molar-refractivity contribution in [1.82, 2.24) is 10.6 Å². The number of hydrogen-bond donors (Lipinski definition) is 5. The maximum Gasteiger partial charge on any atom is 0.307 e. The van der Waals surface area contributed by atoms with Gasteiger partial charge in [-0.1, -0.05) is 24.3 Å². The highest BCUT2D eigenvalue weighted by Gasteiger charge is 2.31. The maximum absolute atomic E-state index is 11.7. The largest absolute Gasteiger partial charge is 0.481 e. The Hall–Kier alpha value is -2.90. The summed E-state index contributed by atoms with van der Waals surface area (Å²) in [5.74, 6) is -1.79. The van der Waals surface area contributed by atoms with Gasteiger partial charge in [0.05, 0.1) is 11.8 Å². The van der Waals surface area contributed by atoms with Crippen molar-refractivity contribution in [3.63, 3.8) is 0 Å². The fourth-order valence-corrected chi connectivity index (χ4v) is 5.07. The molecule has 0 amide bonds. The molecule has 2 saturated heterocycles. The summed E-state index contributed by atoms with van der Waals surface area (Å²) in [6.45, 7) is 3.34. The predicted molar refractivity (Wildman–Crippen MR) is 128 cm³/mol. The smallest absolute Gasteiger partial charge is 0.307 e. The van der Waals surface area contributed by atoms with Gasteiger partial charge >= 0.3 is 11.9 Å². The highest BCUT2D eigenvalue weighted by atomic mass is 16.4. The number of hydrogen-bond acceptors (Lipinski definition) is 5. The van der Waals surface area contributed by atoms with Crippen LogP contribution in [0.3, 0.4) is 0 Å². The summed E-state index contributed by atoms with van der Waals surface area (Å²) in [5.41, 5.74) is 3.91. The van der Waals surface area contributed by atoms with Crippen molar-refractivity contribution in [3.8, 4) is 0 Å². The summed E-state index contributed by atoms with van der Waals surface area (Å²) in [6, 6.07) is 15.9. The number of carbonyl (C=O) groups is 2. The molecule has 7 heteroatoms. The zero-order valence-electron chi connectivity index (χ0n) is 18.8. The first-order chi connectivity index (χ1) is 16.0. The van der Waals surface area contributed by atoms with Crippen LogP contribution < -0.4 is 16.0 Å². The minimum atomic E-state index is -0.722. The SMILES string of the molecule is O=C(O)[C@@H](Cc1ccc(Nc2ccc(C[C@H](C(=O)O)[C@H]3CCNC3)cc2)cc1)[C@H]1CCNC1. The van der Waals surface area contributed by atoms with Crippen LogP contribution in [0.25, 0.3) is 0 Å². The molecule has 2 aromatic carbocycles. The van der Waals surface area contributed by atoms with Crippen molar-refractivity contribution < 1.29 is 19.8 Å². The Balaban J connectivity index is 1.34. The molecule has 0 aromatic heterocycles. The summed E-state index contributed by atoms with van der Waals surface area (Å²) in [5, 5.41) is 29.2. The third-order valence-electron chi connectivity index (χ3n) is 7.08. The topological polar surface area (TPSA) is 111 Å². The molecule has 0 saturated carbocycles. The molecule has 33 heavy (non-hydrogen) atoms. The molecule has 0 spiro atoms. The van der Waals surface area contributed by atoms with E-state index in [0.29, 0.717) is 12.8 Å². The van der Waals surface area contributed by atoms with Crippen LogP contribution in [-0.4, -0.2) is 48.3 Å². The molecule has 4 atom stereocenters. The van der Waals surface area contributed by atoms with Gasteiger partial charge in [-0.3, -0.25) is 9.59 Å². The number of nitrogens with one attached hydrogen (secondary N) is 3. The summed E-state index contributed by atoms with van der Waals surface area (Å²) >= 11 is 0. The van der Waals surface area contributed by atoms with Gasteiger partial charge in [0.15, 0.2) is 0 Å². The Morgan fingerprint density at radius 2 is 1.15 bits per heavy atom. The number of carboxylic acids is 2. The van der Waals surface area contributed by atoms with E-state index in [-0.39, 0.29) is 23.7 Å². The van der Waals surface area contributed by atoms with Crippen LogP contribution in [0.5, 0.6) is 0 Å². The second kappa shape index (κ2) is 10.8. The van der Waals surface area contributed by atoms with E-state index in [1.54, 1.807) is 0 Å². The molecule has 7 nitrogen and oxygen atoms in total. The fourth-order valence-electron chi connectivity index (χ4n) is 5.07. The van der Waals surface area contributed by atoms with Crippen molar-refractivity contribution in [2.75, 3.05) is 31.5 Å². The molecule has 2 aliphatic heterocycles. The van der Waals surface area contributed by atoms with E-state index in [4.69, 9.17) is 0 Å². The van der Waals surface area contributed by atoms with Gasteiger partial charge in [-0.2, -0.15) is 0 Å². The van der Waals surface area contributed by atoms with Gasteiger partial charge in [0.25, 0.3) is 0 Å². The van der Waals surface area contributed by atoms with Crippen LogP contribution in [0.1, 0.15) is 24.0 Å². The Bertz CT molecular complexity index is 856. The van der Waals surface area contributed by atoms with Crippen molar-refractivity contribution in [3.05, 3.63) is 59.7 Å². The van der Waals surface area contributed by atoms with Crippen molar-refractivity contribution in [2.24, 2.45) is 23.7 Å². The van der Waals surface area contributed by atoms with Gasteiger partial charge < -0.3 is 26.2 Å². The Morgan fingerprint density at radius 1 is 0.758 bits per heavy atom. The zero-order chi connectivity index (χ0) is 23.2. The molecule has 5 N–H and O–H groups in total. The van der Waals surface area contributed by atoms with Gasteiger partial charge in [-0.25, -0.2) is 0 Å². The minimum absolute atomic E-state index is 0.185. The number of aliphatic carboxylic acids is 2. The molecule has 2 aliphatic rings. The maximum atomic E-state index is 11.7. The fraction of sp³-hybridized carbons (Fsp3) is 0.462. The standard InChI is InChI=1S/C26H33N3O4/c30-25(31)23(19-9-11-27-15-19)13-17-1-5-21(6-2-17)29-22-7-3-18(4-8-22)14-24(26(32)33)20-10-12-28-16-20/h1-8,19-20,23-24,27-29H,9-16H2,(H,30,31)(H,32,33)/t19-,20-,23-,24-/m0/s1. The number of carboxylic acid groups (broad SMARTS) is 2. The van der Waals surface area contributed by atoms with Crippen LogP contribution in [0.2, 0.25) is 0 Å². The van der Waals surface area contributed by atoms with E-state index < -0.39 is 11.9 Å². The first-order valence-electron chi connectivity index (χ1n) is 11.8. The molecule has 0 aliphatic carbocycles. The molecule has 176 valence electrons. The van der Waals surface area contributed by atoms with Gasteiger partial charge in [-0.05, 0) is 99.1 Å². The van der Waals surface area contributed by atoms with E-state index in [1.807, 2.05) is 48.5 Å². The first-order valence-corrected chi connectivity index (χ1v) is 11.8. The van der Waals surface area contributed by atoms with E-state index >= 15 is 0 Å². The molecular weight excluding hydrogens is 418 g/mol. The summed E-state index contributed by atoms with van der Waals surface area (Å²) < 4.78 is 0. The Kier molecular flexibility index (Phi) is 7.62. The van der Waals surface area contributed by atoms with Gasteiger partial charge in [0, 0.05) is 11.4 Å². The van der Waals surface area contributed by atoms with Gasteiger partial charge in [0.2, 0.25) is 0 Å². The lowest BCUT2D eigenvalue weighted by molar-refractivity contribution is -0.144. The third-order valence-corrected chi connectivity index (χ3v) is 7.08. The van der Waals surface area contributed by atoms with E-state index in [9.17, 15) is 19.8 Å². The van der Waals surface area contributed by atoms with Crippen molar-refractivity contribution in [2.45, 2.75) is 25.7 Å². The van der Waals surface area contributed by atoms with E-state index in [0.717, 1.165) is 61.5 Å². The second-order valence-electron chi connectivity index (χ2n) is 9.32. The molecule has 4 rings (SSSR count). The molecule has 2 fully saturated rings. The van der Waals surface area contributed by atoms with Crippen LogP contribution in [0.4, 0.5) is 11.4 Å². The Labute approximate surface area is 194 Å². The third kappa shape index (κ3) is 6.12. The van der Waals surface area contributed by atoms with E-state index in [2.05, 4.69) is 16.0 Å². The normalized spacial score (nSPS) is 22.1. The minimum Gasteiger partial charge on any atom is -0.481 e. The average Bonchev–Trinajstić information content (AvgIpc) is 3.52. The second-order valence-corrected chi connectivity index (χ2v) is 9.32. The van der Waals surface area contributed by atoms with Crippen LogP contribution in [0.15, 0.2) is 48.5 Å². The van der Waals surface area contributed by atoms with Crippen LogP contribution in [0, 0.1) is 23.7 Å². The Morgan fingerprint density at radius 3 is 1.45 bits per heavy atom. The number of rotatable bonds is 10. The highest BCUT2D eigenvalue weighted by molar-refractivity contribution is 5.71. The quantitative estimate of drug-likeness (QED) is 0.377. The van der Waals surface area contributed by atoms with E-state index in [1.165, 1.54) is 0 Å². The first kappa shape index (κ1) is 23.3. The number of anilines is 2. The molecular formula is C26H33N3O4. The molecule has 0 unspecified atom stereocenters. The number of benzene rings is 2. The van der Waals surface area contributed by atoms with Crippen LogP contribution in [-0.2, 0) is 22.4 Å². The van der Waals surface area contributed by atoms with Gasteiger partial charge in [0.1, 0.15) is 0 Å². The average molecular weight is 452 g/mol. The lowest BCUT2D eigenvalue weighted by Gasteiger charge is -2.19. The van der Waals surface area contributed by atoms with Crippen LogP contribution >= 0.6 is 0 Å². The molecule has 0 radical (unpaired) electrons. The molecule has 2 heterocycles. The van der Waals surface area contributed by atoms with Gasteiger partial charge in [-0.15, -0.1) is 0 Å². The molecule has 0 bridgehead atoms. The highest BCUT2D eigenvalue weighted by Crippen LogP contribution is 2.27. The summed E-state index contributed by atoms with van der Waals surface area (Å²) in [4.78, 5) is 23.5. The predicted octanol–water partition coefficient (Wildman–Crippen LogP) is 3.14. The summed E-state index contributed by atoms with van der Waals surface area (Å²) in [7, 11) is 0. The zero-order valence-corrected chi connectivity index (χ0v) is 18.8. The van der Waals surface area contributed by atoms with Crippen molar-refractivity contribution in [1.29, 1.82) is 0 Å². The lowest BCUT2D eigenvalue weighted by Crippen LogP contribution is -2.27.